The molecule has 2 aliphatic carbocycles. The molecule has 5 atom stereocenters. The molecule has 2 aliphatic rings. The van der Waals surface area contributed by atoms with Gasteiger partial charge in [0.25, 0.3) is 0 Å². The monoisotopic (exact) mass is 395 g/mol. The third kappa shape index (κ3) is 2.43. The molecule has 25 heavy (non-hydrogen) atoms. The number of carboxylic acids is 2. The first kappa shape index (κ1) is 18.3. The number of nitrogens with two attached hydrogens (primary N) is 1. The molecule has 0 amide bonds. The number of thioether (sulfide) groups is 1. The second-order valence-corrected chi connectivity index (χ2v) is 7.85. The first-order valence-electron chi connectivity index (χ1n) is 7.24. The number of aliphatic carboxylic acids is 2. The molecule has 136 valence electrons. The van der Waals surface area contributed by atoms with E-state index in [1.807, 2.05) is 0 Å². The van der Waals surface area contributed by atoms with Gasteiger partial charge in [-0.2, -0.15) is 11.8 Å². The topological polar surface area (TPSA) is 101 Å². The number of hydrogen-bond acceptors (Lipinski definition) is 4. The predicted molar refractivity (Wildman–Crippen MR) is 84.1 cm³/mol. The van der Waals surface area contributed by atoms with Crippen LogP contribution in [0.3, 0.4) is 0 Å². The molecule has 0 heterocycles. The Labute approximate surface area is 149 Å². The van der Waals surface area contributed by atoms with Gasteiger partial charge >= 0.3 is 11.9 Å². The largest absolute Gasteiger partial charge is 0.480 e. The molecule has 3 rings (SSSR count). The molecule has 4 N–H and O–H groups in total. The first-order valence-corrected chi connectivity index (χ1v) is 8.67. The fourth-order valence-corrected chi connectivity index (χ4v) is 5.37. The molecule has 10 heteroatoms. The Morgan fingerprint density at radius 2 is 1.96 bits per heavy atom. The molecule has 0 aliphatic heterocycles. The Kier molecular flexibility index (Phi) is 4.24. The molecule has 0 saturated heterocycles. The Bertz CT molecular complexity index is 781. The lowest BCUT2D eigenvalue weighted by Gasteiger charge is -2.31. The molecule has 2 fully saturated rings. The van der Waals surface area contributed by atoms with Crippen LogP contribution < -0.4 is 5.73 Å². The number of benzene rings is 1. The fraction of sp³-hybridized carbons (Fsp3) is 0.467. The van der Waals surface area contributed by atoms with Crippen molar-refractivity contribution in [1.82, 2.24) is 0 Å². The van der Waals surface area contributed by atoms with Crippen molar-refractivity contribution in [2.45, 2.75) is 28.6 Å². The van der Waals surface area contributed by atoms with Gasteiger partial charge in [0.05, 0.1) is 5.02 Å². The van der Waals surface area contributed by atoms with Crippen LogP contribution in [0.1, 0.15) is 12.0 Å². The van der Waals surface area contributed by atoms with Gasteiger partial charge in [-0.3, -0.25) is 4.79 Å². The van der Waals surface area contributed by atoms with E-state index in [1.54, 1.807) is 0 Å². The van der Waals surface area contributed by atoms with E-state index in [1.165, 1.54) is 0 Å². The molecule has 1 aromatic carbocycles. The zero-order valence-corrected chi connectivity index (χ0v) is 14.1. The molecule has 0 unspecified atom stereocenters. The minimum Gasteiger partial charge on any atom is -0.480 e. The Hall–Kier alpha value is -1.45. The highest BCUT2D eigenvalue weighted by Crippen LogP contribution is 2.68. The second kappa shape index (κ2) is 5.78. The lowest BCUT2D eigenvalue weighted by Crippen LogP contribution is -2.58. The smallest absolute Gasteiger partial charge is 0.342 e. The van der Waals surface area contributed by atoms with Crippen LogP contribution in [0.5, 0.6) is 0 Å². The minimum absolute atomic E-state index is 0.106. The molecular formula is C15H13ClF3NO4S. The lowest BCUT2D eigenvalue weighted by molar-refractivity contribution is -0.149. The number of carboxylic acid groups (broad SMARTS) is 2. The maximum atomic E-state index is 14.4. The fourth-order valence-electron chi connectivity index (χ4n) is 3.69. The van der Waals surface area contributed by atoms with Gasteiger partial charge in [-0.1, -0.05) is 11.6 Å². The van der Waals surface area contributed by atoms with Crippen molar-refractivity contribution in [2.24, 2.45) is 17.6 Å². The van der Waals surface area contributed by atoms with Gasteiger partial charge in [-0.05, 0) is 18.6 Å². The standard InChI is InChI=1S/C15H13ClF3NO4S/c16-7-1-2-8(17)5(10(7)18)4-25-9-3-6-11(14(6,19)12(21)22)15(9,20)13(23)24/h1-2,6,9,11H,3-4,20H2,(H,21,22)(H,23,24)/t6-,9-,11+,14-,15+/m1/s1. The third-order valence-electron chi connectivity index (χ3n) is 5.07. The number of rotatable bonds is 5. The Balaban J connectivity index is 1.82. The number of carbonyl (C=O) groups is 2. The van der Waals surface area contributed by atoms with Crippen molar-refractivity contribution in [3.63, 3.8) is 0 Å². The third-order valence-corrected chi connectivity index (χ3v) is 6.80. The summed E-state index contributed by atoms with van der Waals surface area (Å²) in [5, 5.41) is 17.3. The van der Waals surface area contributed by atoms with E-state index in [9.17, 15) is 27.9 Å². The maximum absolute atomic E-state index is 14.4. The summed E-state index contributed by atoms with van der Waals surface area (Å²) in [6.07, 6.45) is -0.106. The van der Waals surface area contributed by atoms with Crippen LogP contribution in [0.25, 0.3) is 0 Å². The van der Waals surface area contributed by atoms with Crippen LogP contribution in [0.4, 0.5) is 13.2 Å². The molecule has 1 aromatic rings. The van der Waals surface area contributed by atoms with E-state index in [4.69, 9.17) is 22.4 Å². The molecular weight excluding hydrogens is 383 g/mol. The van der Waals surface area contributed by atoms with Crippen molar-refractivity contribution in [3.05, 3.63) is 34.4 Å². The normalized spacial score (nSPS) is 36.1. The summed E-state index contributed by atoms with van der Waals surface area (Å²) in [5.41, 5.74) is 0.739. The number of hydrogen-bond donors (Lipinski definition) is 3. The minimum atomic E-state index is -2.67. The molecule has 0 bridgehead atoms. The average molecular weight is 396 g/mol. The number of halogens is 4. The summed E-state index contributed by atoms with van der Waals surface area (Å²) in [7, 11) is 0. The summed E-state index contributed by atoms with van der Waals surface area (Å²) in [6, 6.07) is 2.04. The van der Waals surface area contributed by atoms with Gasteiger partial charge in [0.2, 0.25) is 5.67 Å². The molecule has 0 radical (unpaired) electrons. The van der Waals surface area contributed by atoms with Crippen molar-refractivity contribution < 1.29 is 33.0 Å². The van der Waals surface area contributed by atoms with Crippen molar-refractivity contribution >= 4 is 35.3 Å². The van der Waals surface area contributed by atoms with Crippen LogP contribution >= 0.6 is 23.4 Å². The van der Waals surface area contributed by atoms with E-state index in [2.05, 4.69) is 0 Å². The molecule has 0 aromatic heterocycles. The zero-order valence-electron chi connectivity index (χ0n) is 12.5. The first-order chi connectivity index (χ1) is 11.6. The van der Waals surface area contributed by atoms with Crippen LogP contribution in [-0.4, -0.2) is 38.6 Å². The molecule has 2 saturated carbocycles. The number of fused-ring (bicyclic) bond motifs is 1. The second-order valence-electron chi connectivity index (χ2n) is 6.25. The zero-order chi connectivity index (χ0) is 18.7. The van der Waals surface area contributed by atoms with Crippen LogP contribution in [-0.2, 0) is 15.3 Å². The van der Waals surface area contributed by atoms with E-state index in [-0.39, 0.29) is 22.8 Å². The van der Waals surface area contributed by atoms with Crippen LogP contribution in [0, 0.1) is 23.5 Å². The highest BCUT2D eigenvalue weighted by atomic mass is 35.5. The van der Waals surface area contributed by atoms with E-state index in [0.29, 0.717) is 0 Å². The van der Waals surface area contributed by atoms with Gasteiger partial charge in [0.15, 0.2) is 0 Å². The van der Waals surface area contributed by atoms with Crippen LogP contribution in [0.2, 0.25) is 5.02 Å². The van der Waals surface area contributed by atoms with Gasteiger partial charge in [-0.25, -0.2) is 18.0 Å². The van der Waals surface area contributed by atoms with Crippen LogP contribution in [0.15, 0.2) is 12.1 Å². The lowest BCUT2D eigenvalue weighted by atomic mass is 9.90. The van der Waals surface area contributed by atoms with Crippen molar-refractivity contribution in [1.29, 1.82) is 0 Å². The van der Waals surface area contributed by atoms with Crippen molar-refractivity contribution in [3.8, 4) is 0 Å². The highest BCUT2D eigenvalue weighted by molar-refractivity contribution is 7.99. The van der Waals surface area contributed by atoms with E-state index in [0.717, 1.165) is 23.9 Å². The SMILES string of the molecule is N[C@]1(C(=O)O)[C@H]2[C@@H](C[C@H]1SCc1c(F)ccc(Cl)c1F)[C@]2(F)C(=O)O. The van der Waals surface area contributed by atoms with E-state index < -0.39 is 51.9 Å². The van der Waals surface area contributed by atoms with E-state index >= 15 is 0 Å². The van der Waals surface area contributed by atoms with Gasteiger partial charge in [0.1, 0.15) is 17.2 Å². The molecule has 5 nitrogen and oxygen atoms in total. The maximum Gasteiger partial charge on any atom is 0.342 e. The summed E-state index contributed by atoms with van der Waals surface area (Å²) in [6.45, 7) is 0. The summed E-state index contributed by atoms with van der Waals surface area (Å²) in [5.74, 6) is -7.75. The van der Waals surface area contributed by atoms with Gasteiger partial charge < -0.3 is 15.9 Å². The summed E-state index contributed by atoms with van der Waals surface area (Å²) < 4.78 is 42.1. The predicted octanol–water partition coefficient (Wildman–Crippen LogP) is 2.44. The Morgan fingerprint density at radius 3 is 2.52 bits per heavy atom. The molecule has 0 spiro atoms. The average Bonchev–Trinajstić information content (AvgIpc) is 3.01. The van der Waals surface area contributed by atoms with Crippen molar-refractivity contribution in [2.75, 3.05) is 0 Å². The highest BCUT2D eigenvalue weighted by Gasteiger charge is 2.84. The quantitative estimate of drug-likeness (QED) is 0.662. The van der Waals surface area contributed by atoms with Gasteiger partial charge in [0, 0.05) is 28.4 Å². The summed E-state index contributed by atoms with van der Waals surface area (Å²) >= 11 is 6.46. The Morgan fingerprint density at radius 1 is 1.32 bits per heavy atom. The number of alkyl halides is 1. The van der Waals surface area contributed by atoms with Gasteiger partial charge in [-0.15, -0.1) is 0 Å². The summed E-state index contributed by atoms with van der Waals surface area (Å²) in [4.78, 5) is 22.7.